The number of carbonyl (C=O) groups is 2. The average molecular weight is 317 g/mol. The van der Waals surface area contributed by atoms with E-state index in [2.05, 4.69) is 10.2 Å². The molecule has 6 nitrogen and oxygen atoms in total. The number of rotatable bonds is 3. The molecule has 23 heavy (non-hydrogen) atoms. The number of carboxylic acids is 1. The highest BCUT2D eigenvalue weighted by Gasteiger charge is 2.47. The topological polar surface area (TPSA) is 86.3 Å². The largest absolute Gasteiger partial charge is 0.479 e. The number of nitrogens with zero attached hydrogens (tertiary/aromatic N) is 2. The minimum absolute atomic E-state index is 0.0700. The number of nitrogens with one attached hydrogen (secondary N) is 1. The maximum absolute atomic E-state index is 14.1. The first kappa shape index (κ1) is 15.2. The van der Waals surface area contributed by atoms with Gasteiger partial charge in [-0.05, 0) is 13.0 Å². The number of hydrogen-bond donors (Lipinski definition) is 2. The minimum atomic E-state index is -2.37. The molecule has 1 saturated heterocycles. The van der Waals surface area contributed by atoms with Crippen LogP contribution in [0.5, 0.6) is 0 Å². The summed E-state index contributed by atoms with van der Waals surface area (Å²) in [6.45, 7) is 1.60. The van der Waals surface area contributed by atoms with Gasteiger partial charge in [0.2, 0.25) is 5.67 Å². The molecule has 3 rings (SSSR count). The number of aromatic nitrogens is 2. The Bertz CT molecular complexity index is 756. The Labute approximate surface area is 131 Å². The Balaban J connectivity index is 1.77. The molecule has 1 amide bonds. The third-order valence-electron chi connectivity index (χ3n) is 4.05. The van der Waals surface area contributed by atoms with Crippen molar-refractivity contribution in [2.24, 2.45) is 0 Å². The number of carboxylic acid groups (broad SMARTS) is 1. The summed E-state index contributed by atoms with van der Waals surface area (Å²) < 4.78 is 14.1. The molecule has 0 radical (unpaired) electrons. The SMILES string of the molecule is Cc1ccc(-c2cc(C(=O)N3CCC(F)(C(=O)O)C3)[nH]n2)cc1. The molecular weight excluding hydrogens is 301 g/mol. The number of H-pyrrole nitrogens is 1. The Morgan fingerprint density at radius 2 is 2.04 bits per heavy atom. The number of aryl methyl sites for hydroxylation is 1. The molecule has 0 aliphatic carbocycles. The van der Waals surface area contributed by atoms with E-state index in [-0.39, 0.29) is 18.7 Å². The molecular formula is C16H16FN3O3. The van der Waals surface area contributed by atoms with Crippen molar-refractivity contribution in [1.29, 1.82) is 0 Å². The van der Waals surface area contributed by atoms with Gasteiger partial charge in [0.15, 0.2) is 0 Å². The van der Waals surface area contributed by atoms with Crippen LogP contribution in [0.25, 0.3) is 11.3 Å². The number of carbonyl (C=O) groups excluding carboxylic acids is 1. The highest BCUT2D eigenvalue weighted by molar-refractivity contribution is 5.94. The van der Waals surface area contributed by atoms with Gasteiger partial charge < -0.3 is 10.0 Å². The summed E-state index contributed by atoms with van der Waals surface area (Å²) >= 11 is 0. The fraction of sp³-hybridized carbons (Fsp3) is 0.312. The second-order valence-electron chi connectivity index (χ2n) is 5.78. The maximum Gasteiger partial charge on any atom is 0.343 e. The number of benzene rings is 1. The van der Waals surface area contributed by atoms with Gasteiger partial charge in [-0.3, -0.25) is 9.89 Å². The van der Waals surface area contributed by atoms with Gasteiger partial charge >= 0.3 is 5.97 Å². The highest BCUT2D eigenvalue weighted by Crippen LogP contribution is 2.27. The van der Waals surface area contributed by atoms with Crippen LogP contribution in [0.4, 0.5) is 4.39 Å². The van der Waals surface area contributed by atoms with E-state index in [1.165, 1.54) is 4.90 Å². The Morgan fingerprint density at radius 1 is 1.35 bits per heavy atom. The van der Waals surface area contributed by atoms with Crippen molar-refractivity contribution in [3.05, 3.63) is 41.6 Å². The van der Waals surface area contributed by atoms with Gasteiger partial charge in [0.1, 0.15) is 5.69 Å². The van der Waals surface area contributed by atoms with E-state index >= 15 is 0 Å². The molecule has 0 bridgehead atoms. The quantitative estimate of drug-likeness (QED) is 0.907. The summed E-state index contributed by atoms with van der Waals surface area (Å²) in [5, 5.41) is 15.6. The van der Waals surface area contributed by atoms with Crippen LogP contribution in [-0.2, 0) is 4.79 Å². The van der Waals surface area contributed by atoms with Crippen LogP contribution in [0, 0.1) is 6.92 Å². The van der Waals surface area contributed by atoms with Crippen LogP contribution in [0.3, 0.4) is 0 Å². The van der Waals surface area contributed by atoms with Crippen LogP contribution in [0.15, 0.2) is 30.3 Å². The van der Waals surface area contributed by atoms with Crippen LogP contribution in [-0.4, -0.2) is 50.8 Å². The second kappa shape index (κ2) is 5.49. The number of aliphatic carboxylic acids is 1. The molecule has 2 heterocycles. The van der Waals surface area contributed by atoms with E-state index in [4.69, 9.17) is 5.11 Å². The lowest BCUT2D eigenvalue weighted by molar-refractivity contribution is -0.149. The molecule has 1 aromatic heterocycles. The molecule has 0 spiro atoms. The van der Waals surface area contributed by atoms with Gasteiger partial charge in [0.25, 0.3) is 5.91 Å². The van der Waals surface area contributed by atoms with Gasteiger partial charge in [-0.1, -0.05) is 29.8 Å². The molecule has 120 valence electrons. The van der Waals surface area contributed by atoms with Crippen LogP contribution >= 0.6 is 0 Å². The minimum Gasteiger partial charge on any atom is -0.479 e. The molecule has 2 N–H and O–H groups in total. The summed E-state index contributed by atoms with van der Waals surface area (Å²) in [5.41, 5.74) is 0.436. The highest BCUT2D eigenvalue weighted by atomic mass is 19.1. The predicted molar refractivity (Wildman–Crippen MR) is 80.8 cm³/mol. The van der Waals surface area contributed by atoms with Crippen LogP contribution < -0.4 is 0 Å². The Kier molecular flexibility index (Phi) is 3.63. The van der Waals surface area contributed by atoms with Crippen molar-refractivity contribution in [3.63, 3.8) is 0 Å². The first-order valence-electron chi connectivity index (χ1n) is 7.23. The Hall–Kier alpha value is -2.70. The first-order valence-corrected chi connectivity index (χ1v) is 7.23. The monoisotopic (exact) mass is 317 g/mol. The van der Waals surface area contributed by atoms with Crippen molar-refractivity contribution in [1.82, 2.24) is 15.1 Å². The van der Waals surface area contributed by atoms with Crippen LogP contribution in [0.1, 0.15) is 22.5 Å². The van der Waals surface area contributed by atoms with E-state index in [0.29, 0.717) is 5.69 Å². The smallest absolute Gasteiger partial charge is 0.343 e. The van der Waals surface area contributed by atoms with Crippen molar-refractivity contribution in [2.45, 2.75) is 19.0 Å². The number of likely N-dealkylation sites (tertiary alicyclic amines) is 1. The van der Waals surface area contributed by atoms with Gasteiger partial charge in [0.05, 0.1) is 12.2 Å². The third kappa shape index (κ3) is 2.81. The van der Waals surface area contributed by atoms with Gasteiger partial charge in [-0.15, -0.1) is 0 Å². The summed E-state index contributed by atoms with van der Waals surface area (Å²) in [7, 11) is 0. The fourth-order valence-corrected chi connectivity index (χ4v) is 2.59. The lowest BCUT2D eigenvalue weighted by atomic mass is 10.1. The average Bonchev–Trinajstić information content (AvgIpc) is 3.15. The molecule has 1 fully saturated rings. The fourth-order valence-electron chi connectivity index (χ4n) is 2.59. The number of amides is 1. The van der Waals surface area contributed by atoms with Gasteiger partial charge in [0, 0.05) is 18.5 Å². The zero-order valence-electron chi connectivity index (χ0n) is 12.5. The summed E-state index contributed by atoms with van der Waals surface area (Å²) in [4.78, 5) is 24.5. The molecule has 2 aromatic rings. The number of halogens is 1. The molecule has 7 heteroatoms. The third-order valence-corrected chi connectivity index (χ3v) is 4.05. The van der Waals surface area contributed by atoms with E-state index in [9.17, 15) is 14.0 Å². The lowest BCUT2D eigenvalue weighted by Gasteiger charge is -2.16. The molecule has 1 aliphatic heterocycles. The van der Waals surface area contributed by atoms with Crippen molar-refractivity contribution in [3.8, 4) is 11.3 Å². The summed E-state index contributed by atoms with van der Waals surface area (Å²) in [5.74, 6) is -1.98. The van der Waals surface area contributed by atoms with Crippen molar-refractivity contribution < 1.29 is 19.1 Å². The zero-order chi connectivity index (χ0) is 16.6. The lowest BCUT2D eigenvalue weighted by Crippen LogP contribution is -2.39. The molecule has 1 atom stereocenters. The van der Waals surface area contributed by atoms with Crippen molar-refractivity contribution in [2.75, 3.05) is 13.1 Å². The summed E-state index contributed by atoms with van der Waals surface area (Å²) in [6, 6.07) is 9.26. The molecule has 1 aliphatic rings. The van der Waals surface area contributed by atoms with E-state index < -0.39 is 24.1 Å². The Morgan fingerprint density at radius 3 is 2.65 bits per heavy atom. The second-order valence-corrected chi connectivity index (χ2v) is 5.78. The van der Waals surface area contributed by atoms with Crippen molar-refractivity contribution >= 4 is 11.9 Å². The van der Waals surface area contributed by atoms with E-state index in [0.717, 1.165) is 11.1 Å². The van der Waals surface area contributed by atoms with E-state index in [1.807, 2.05) is 31.2 Å². The van der Waals surface area contributed by atoms with Crippen LogP contribution in [0.2, 0.25) is 0 Å². The zero-order valence-corrected chi connectivity index (χ0v) is 12.5. The molecule has 0 saturated carbocycles. The number of hydrogen-bond acceptors (Lipinski definition) is 3. The number of alkyl halides is 1. The molecule has 1 aromatic carbocycles. The van der Waals surface area contributed by atoms with E-state index in [1.54, 1.807) is 6.07 Å². The van der Waals surface area contributed by atoms with Gasteiger partial charge in [-0.25, -0.2) is 9.18 Å². The standard InChI is InChI=1S/C16H16FN3O3/c1-10-2-4-11(5-3-10)12-8-13(19-18-12)14(21)20-7-6-16(17,9-20)15(22)23/h2-5,8H,6-7,9H2,1H3,(H,18,19)(H,22,23). The maximum atomic E-state index is 14.1. The normalized spacial score (nSPS) is 20.7. The number of aromatic amines is 1. The molecule has 1 unspecified atom stereocenters. The predicted octanol–water partition coefficient (Wildman–Crippen LogP) is 2.02. The summed E-state index contributed by atoms with van der Waals surface area (Å²) in [6.07, 6.45) is -0.201. The first-order chi connectivity index (χ1) is 10.9. The van der Waals surface area contributed by atoms with Gasteiger partial charge in [-0.2, -0.15) is 5.10 Å².